The summed E-state index contributed by atoms with van der Waals surface area (Å²) in [5.74, 6) is 0.0891. The molecular formula is C18H27N3O4. The van der Waals surface area contributed by atoms with Gasteiger partial charge >= 0.3 is 0 Å². The van der Waals surface area contributed by atoms with Gasteiger partial charge in [0.15, 0.2) is 0 Å². The smallest absolute Gasteiger partial charge is 0.269 e. The van der Waals surface area contributed by atoms with Crippen molar-refractivity contribution in [2.75, 3.05) is 33.4 Å². The summed E-state index contributed by atoms with van der Waals surface area (Å²) in [5.41, 5.74) is 0.783. The number of unbranched alkanes of at least 4 members (excludes halogenated alkanes) is 1. The number of carbonyl (C=O) groups excluding carboxylic acids is 1. The summed E-state index contributed by atoms with van der Waals surface area (Å²) in [7, 11) is 1.64. The van der Waals surface area contributed by atoms with Crippen LogP contribution in [0.4, 0.5) is 5.69 Å². The molecule has 25 heavy (non-hydrogen) atoms. The molecule has 0 atom stereocenters. The van der Waals surface area contributed by atoms with Crippen molar-refractivity contribution in [3.63, 3.8) is 0 Å². The number of carbonyl (C=O) groups is 1. The molecule has 1 amide bonds. The van der Waals surface area contributed by atoms with Crippen LogP contribution in [0.3, 0.4) is 0 Å². The standard InChI is InChI=1S/C18H27N3O4/c1-25-14-18(9-12-19-13-10-18)17(22)20-11-3-2-4-15-5-7-16(8-6-15)21(23)24/h5-8,19H,2-4,9-14H2,1H3,(H,20,22). The molecule has 1 aliphatic heterocycles. The molecule has 138 valence electrons. The molecule has 7 heteroatoms. The third kappa shape index (κ3) is 5.51. The fourth-order valence-corrected chi connectivity index (χ4v) is 3.25. The summed E-state index contributed by atoms with van der Waals surface area (Å²) < 4.78 is 5.28. The Labute approximate surface area is 148 Å². The number of nitro groups is 1. The number of nitrogens with one attached hydrogen (secondary N) is 2. The molecule has 0 saturated carbocycles. The number of non-ortho nitro benzene ring substituents is 1. The average Bonchev–Trinajstić information content (AvgIpc) is 2.62. The van der Waals surface area contributed by atoms with E-state index in [0.717, 1.165) is 50.8 Å². The molecule has 0 bridgehead atoms. The van der Waals surface area contributed by atoms with Crippen molar-refractivity contribution >= 4 is 11.6 Å². The zero-order valence-corrected chi connectivity index (χ0v) is 14.8. The number of ether oxygens (including phenoxy) is 1. The molecule has 0 spiro atoms. The number of piperidine rings is 1. The van der Waals surface area contributed by atoms with E-state index in [1.165, 1.54) is 12.1 Å². The highest BCUT2D eigenvalue weighted by molar-refractivity contribution is 5.82. The van der Waals surface area contributed by atoms with E-state index in [4.69, 9.17) is 4.74 Å². The van der Waals surface area contributed by atoms with Crippen molar-refractivity contribution in [3.8, 4) is 0 Å². The Morgan fingerprint density at radius 3 is 2.56 bits per heavy atom. The number of aryl methyl sites for hydroxylation is 1. The maximum absolute atomic E-state index is 12.6. The third-order valence-electron chi connectivity index (χ3n) is 4.79. The molecule has 1 fully saturated rings. The van der Waals surface area contributed by atoms with Gasteiger partial charge in [-0.25, -0.2) is 0 Å². The molecule has 0 aliphatic carbocycles. The number of amides is 1. The Morgan fingerprint density at radius 2 is 1.96 bits per heavy atom. The first kappa shape index (κ1) is 19.3. The zero-order valence-electron chi connectivity index (χ0n) is 14.8. The van der Waals surface area contributed by atoms with Gasteiger partial charge in [-0.05, 0) is 50.8 Å². The number of benzene rings is 1. The Bertz CT molecular complexity index is 563. The van der Waals surface area contributed by atoms with Gasteiger partial charge in [-0.3, -0.25) is 14.9 Å². The van der Waals surface area contributed by atoms with Gasteiger partial charge in [-0.15, -0.1) is 0 Å². The molecule has 1 heterocycles. The summed E-state index contributed by atoms with van der Waals surface area (Å²) in [5, 5.41) is 17.0. The van der Waals surface area contributed by atoms with Crippen molar-refractivity contribution < 1.29 is 14.5 Å². The first-order chi connectivity index (χ1) is 12.1. The minimum absolute atomic E-state index is 0.0891. The fourth-order valence-electron chi connectivity index (χ4n) is 3.25. The van der Waals surface area contributed by atoms with Crippen molar-refractivity contribution in [3.05, 3.63) is 39.9 Å². The fraction of sp³-hybridized carbons (Fsp3) is 0.611. The van der Waals surface area contributed by atoms with Crippen LogP contribution in [0, 0.1) is 15.5 Å². The second-order valence-corrected chi connectivity index (χ2v) is 6.60. The Hall–Kier alpha value is -1.99. The van der Waals surface area contributed by atoms with Crippen molar-refractivity contribution in [2.45, 2.75) is 32.1 Å². The lowest BCUT2D eigenvalue weighted by Crippen LogP contribution is -2.50. The van der Waals surface area contributed by atoms with Crippen LogP contribution in [0.15, 0.2) is 24.3 Å². The van der Waals surface area contributed by atoms with Gasteiger partial charge in [0.1, 0.15) is 0 Å². The van der Waals surface area contributed by atoms with Crippen molar-refractivity contribution in [2.24, 2.45) is 5.41 Å². The van der Waals surface area contributed by atoms with Gasteiger partial charge in [0.25, 0.3) is 5.69 Å². The normalized spacial score (nSPS) is 16.4. The summed E-state index contributed by atoms with van der Waals surface area (Å²) in [6.45, 7) is 2.79. The van der Waals surface area contributed by atoms with Crippen LogP contribution >= 0.6 is 0 Å². The predicted molar refractivity (Wildman–Crippen MR) is 95.5 cm³/mol. The van der Waals surface area contributed by atoms with Crippen LogP contribution in [0.25, 0.3) is 0 Å². The maximum Gasteiger partial charge on any atom is 0.269 e. The molecule has 1 aromatic carbocycles. The molecule has 1 aliphatic rings. The highest BCUT2D eigenvalue weighted by Crippen LogP contribution is 2.29. The van der Waals surface area contributed by atoms with Crippen LogP contribution in [0.1, 0.15) is 31.2 Å². The SMILES string of the molecule is COCC1(C(=O)NCCCCc2ccc([N+](=O)[O-])cc2)CCNCC1. The Morgan fingerprint density at radius 1 is 1.28 bits per heavy atom. The summed E-state index contributed by atoms with van der Waals surface area (Å²) in [6.07, 6.45) is 4.26. The van der Waals surface area contributed by atoms with Gasteiger partial charge in [-0.2, -0.15) is 0 Å². The van der Waals surface area contributed by atoms with Gasteiger partial charge in [0.2, 0.25) is 5.91 Å². The maximum atomic E-state index is 12.6. The van der Waals surface area contributed by atoms with E-state index in [0.29, 0.717) is 13.2 Å². The van der Waals surface area contributed by atoms with Gasteiger partial charge in [0.05, 0.1) is 16.9 Å². The second kappa shape index (κ2) is 9.48. The first-order valence-electron chi connectivity index (χ1n) is 8.79. The van der Waals surface area contributed by atoms with E-state index in [2.05, 4.69) is 10.6 Å². The molecule has 0 radical (unpaired) electrons. The Balaban J connectivity index is 1.71. The molecule has 1 aromatic rings. The average molecular weight is 349 g/mol. The van der Waals surface area contributed by atoms with Crippen LogP contribution in [0.5, 0.6) is 0 Å². The zero-order chi connectivity index (χ0) is 18.1. The minimum atomic E-state index is -0.404. The summed E-state index contributed by atoms with van der Waals surface area (Å²) >= 11 is 0. The number of methoxy groups -OCH3 is 1. The van der Waals surface area contributed by atoms with Gasteiger partial charge in [-0.1, -0.05) is 12.1 Å². The van der Waals surface area contributed by atoms with Crippen LogP contribution in [-0.4, -0.2) is 44.2 Å². The molecule has 0 aromatic heterocycles. The van der Waals surface area contributed by atoms with E-state index in [9.17, 15) is 14.9 Å². The molecule has 2 N–H and O–H groups in total. The number of nitrogens with zero attached hydrogens (tertiary/aromatic N) is 1. The van der Waals surface area contributed by atoms with Crippen molar-refractivity contribution in [1.82, 2.24) is 10.6 Å². The van der Waals surface area contributed by atoms with E-state index in [1.807, 2.05) is 0 Å². The first-order valence-corrected chi connectivity index (χ1v) is 8.79. The summed E-state index contributed by atoms with van der Waals surface area (Å²) in [6, 6.07) is 6.64. The van der Waals surface area contributed by atoms with Crippen LogP contribution in [0.2, 0.25) is 0 Å². The number of rotatable bonds is 9. The third-order valence-corrected chi connectivity index (χ3v) is 4.79. The lowest BCUT2D eigenvalue weighted by Gasteiger charge is -2.35. The van der Waals surface area contributed by atoms with E-state index in [1.54, 1.807) is 19.2 Å². The number of nitro benzene ring substituents is 1. The van der Waals surface area contributed by atoms with E-state index in [-0.39, 0.29) is 11.6 Å². The molecule has 2 rings (SSSR count). The van der Waals surface area contributed by atoms with Crippen LogP contribution in [-0.2, 0) is 16.0 Å². The molecular weight excluding hydrogens is 322 g/mol. The highest BCUT2D eigenvalue weighted by atomic mass is 16.6. The minimum Gasteiger partial charge on any atom is -0.384 e. The quantitative estimate of drug-likeness (QED) is 0.404. The van der Waals surface area contributed by atoms with E-state index < -0.39 is 10.3 Å². The van der Waals surface area contributed by atoms with Gasteiger partial charge < -0.3 is 15.4 Å². The van der Waals surface area contributed by atoms with E-state index >= 15 is 0 Å². The van der Waals surface area contributed by atoms with Gasteiger partial charge in [0, 0.05) is 25.8 Å². The molecule has 0 unspecified atom stereocenters. The highest BCUT2D eigenvalue weighted by Gasteiger charge is 2.39. The van der Waals surface area contributed by atoms with Crippen molar-refractivity contribution in [1.29, 1.82) is 0 Å². The monoisotopic (exact) mass is 349 g/mol. The molecule has 1 saturated heterocycles. The predicted octanol–water partition coefficient (Wildman–Crippen LogP) is 2.05. The number of hydrogen-bond donors (Lipinski definition) is 2. The van der Waals surface area contributed by atoms with Crippen LogP contribution < -0.4 is 10.6 Å². The lowest BCUT2D eigenvalue weighted by atomic mass is 9.78. The lowest BCUT2D eigenvalue weighted by molar-refractivity contribution is -0.384. The second-order valence-electron chi connectivity index (χ2n) is 6.60. The topological polar surface area (TPSA) is 93.5 Å². The number of hydrogen-bond acceptors (Lipinski definition) is 5. The Kier molecular flexibility index (Phi) is 7.33. The molecule has 7 nitrogen and oxygen atoms in total. The largest absolute Gasteiger partial charge is 0.384 e. The summed E-state index contributed by atoms with van der Waals surface area (Å²) in [4.78, 5) is 22.8.